The molecule has 0 spiro atoms. The molecule has 3 aromatic heterocycles. The van der Waals surface area contributed by atoms with E-state index in [-0.39, 0.29) is 12.0 Å². The Labute approximate surface area is 133 Å². The lowest BCUT2D eigenvalue weighted by Crippen LogP contribution is -2.24. The monoisotopic (exact) mass is 313 g/mol. The lowest BCUT2D eigenvalue weighted by atomic mass is 9.90. The van der Waals surface area contributed by atoms with Crippen LogP contribution >= 0.6 is 0 Å². The summed E-state index contributed by atoms with van der Waals surface area (Å²) in [5.41, 5.74) is 0.610. The van der Waals surface area contributed by atoms with Crippen LogP contribution in [0.2, 0.25) is 0 Å². The SMILES string of the molecule is CC(C)(CCO)CNc1ncnc2c1cnn2-c1ncccn1. The molecule has 8 heteroatoms. The Morgan fingerprint density at radius 3 is 2.70 bits per heavy atom. The van der Waals surface area contributed by atoms with Gasteiger partial charge in [-0.2, -0.15) is 9.78 Å². The quantitative estimate of drug-likeness (QED) is 0.709. The zero-order valence-electron chi connectivity index (χ0n) is 13.1. The second-order valence-corrected chi connectivity index (χ2v) is 6.06. The van der Waals surface area contributed by atoms with Crippen LogP contribution in [-0.4, -0.2) is 48.0 Å². The van der Waals surface area contributed by atoms with Crippen molar-refractivity contribution in [3.63, 3.8) is 0 Å². The smallest absolute Gasteiger partial charge is 0.252 e. The van der Waals surface area contributed by atoms with E-state index in [1.807, 2.05) is 0 Å². The van der Waals surface area contributed by atoms with Crippen molar-refractivity contribution < 1.29 is 5.11 Å². The van der Waals surface area contributed by atoms with Crippen LogP contribution in [0.4, 0.5) is 5.82 Å². The number of rotatable bonds is 6. The highest BCUT2D eigenvalue weighted by molar-refractivity contribution is 5.86. The molecule has 2 N–H and O–H groups in total. The summed E-state index contributed by atoms with van der Waals surface area (Å²) < 4.78 is 1.58. The molecule has 23 heavy (non-hydrogen) atoms. The Bertz CT molecular complexity index is 785. The molecule has 0 saturated heterocycles. The minimum atomic E-state index is -0.0371. The number of nitrogens with zero attached hydrogens (tertiary/aromatic N) is 6. The maximum Gasteiger partial charge on any atom is 0.252 e. The van der Waals surface area contributed by atoms with Gasteiger partial charge in [0.25, 0.3) is 5.95 Å². The van der Waals surface area contributed by atoms with Crippen LogP contribution in [-0.2, 0) is 0 Å². The summed E-state index contributed by atoms with van der Waals surface area (Å²) in [6, 6.07) is 1.75. The number of anilines is 1. The molecular weight excluding hydrogens is 294 g/mol. The fraction of sp³-hybridized carbons (Fsp3) is 0.400. The van der Waals surface area contributed by atoms with E-state index >= 15 is 0 Å². The van der Waals surface area contributed by atoms with Crippen molar-refractivity contribution in [3.8, 4) is 5.95 Å². The molecule has 0 aliphatic rings. The highest BCUT2D eigenvalue weighted by Gasteiger charge is 2.18. The number of fused-ring (bicyclic) bond motifs is 1. The molecule has 0 atom stereocenters. The van der Waals surface area contributed by atoms with Crippen LogP contribution in [0.3, 0.4) is 0 Å². The molecule has 8 nitrogen and oxygen atoms in total. The summed E-state index contributed by atoms with van der Waals surface area (Å²) in [5.74, 6) is 1.18. The Balaban J connectivity index is 1.90. The minimum absolute atomic E-state index is 0.0371. The van der Waals surface area contributed by atoms with Crippen LogP contribution in [0.25, 0.3) is 17.0 Å². The molecule has 0 fully saturated rings. The topological polar surface area (TPSA) is 102 Å². The van der Waals surface area contributed by atoms with E-state index in [9.17, 15) is 0 Å². The van der Waals surface area contributed by atoms with Gasteiger partial charge in [0.15, 0.2) is 5.65 Å². The lowest BCUT2D eigenvalue weighted by Gasteiger charge is -2.24. The maximum atomic E-state index is 9.12. The average molecular weight is 313 g/mol. The largest absolute Gasteiger partial charge is 0.396 e. The fourth-order valence-electron chi connectivity index (χ4n) is 2.25. The van der Waals surface area contributed by atoms with Crippen LogP contribution in [0, 0.1) is 5.41 Å². The second-order valence-electron chi connectivity index (χ2n) is 6.06. The number of aliphatic hydroxyl groups is 1. The van der Waals surface area contributed by atoms with Gasteiger partial charge in [0, 0.05) is 25.5 Å². The molecule has 0 aliphatic carbocycles. The van der Waals surface area contributed by atoms with Gasteiger partial charge < -0.3 is 10.4 Å². The molecule has 0 radical (unpaired) electrons. The van der Waals surface area contributed by atoms with E-state index in [4.69, 9.17) is 5.11 Å². The highest BCUT2D eigenvalue weighted by Crippen LogP contribution is 2.24. The van der Waals surface area contributed by atoms with Gasteiger partial charge in [-0.3, -0.25) is 0 Å². The molecule has 3 rings (SSSR count). The summed E-state index contributed by atoms with van der Waals surface area (Å²) in [5, 5.41) is 17.6. The van der Waals surface area contributed by atoms with Gasteiger partial charge in [0.2, 0.25) is 0 Å². The normalized spacial score (nSPS) is 11.8. The number of hydrogen-bond donors (Lipinski definition) is 2. The van der Waals surface area contributed by atoms with E-state index in [2.05, 4.69) is 44.2 Å². The third-order valence-corrected chi connectivity index (χ3v) is 3.63. The van der Waals surface area contributed by atoms with Crippen molar-refractivity contribution in [2.24, 2.45) is 5.41 Å². The average Bonchev–Trinajstić information content (AvgIpc) is 2.98. The number of nitrogens with one attached hydrogen (secondary N) is 1. The van der Waals surface area contributed by atoms with Crippen LogP contribution in [0.15, 0.2) is 31.0 Å². The van der Waals surface area contributed by atoms with Crippen molar-refractivity contribution in [2.75, 3.05) is 18.5 Å². The van der Waals surface area contributed by atoms with E-state index < -0.39 is 0 Å². The van der Waals surface area contributed by atoms with Crippen molar-refractivity contribution in [2.45, 2.75) is 20.3 Å². The first-order valence-corrected chi connectivity index (χ1v) is 7.41. The summed E-state index contributed by atoms with van der Waals surface area (Å²) in [7, 11) is 0. The van der Waals surface area contributed by atoms with Crippen molar-refractivity contribution in [3.05, 3.63) is 31.0 Å². The van der Waals surface area contributed by atoms with E-state index in [1.54, 1.807) is 29.3 Å². The van der Waals surface area contributed by atoms with E-state index in [1.165, 1.54) is 6.33 Å². The van der Waals surface area contributed by atoms with E-state index in [0.717, 1.165) is 5.39 Å². The van der Waals surface area contributed by atoms with Crippen LogP contribution in [0.1, 0.15) is 20.3 Å². The first-order chi connectivity index (χ1) is 11.1. The Morgan fingerprint density at radius 2 is 1.96 bits per heavy atom. The van der Waals surface area contributed by atoms with Gasteiger partial charge in [-0.05, 0) is 17.9 Å². The molecule has 3 aromatic rings. The molecule has 0 unspecified atom stereocenters. The van der Waals surface area contributed by atoms with Gasteiger partial charge in [0.05, 0.1) is 11.6 Å². The van der Waals surface area contributed by atoms with Gasteiger partial charge >= 0.3 is 0 Å². The van der Waals surface area contributed by atoms with Gasteiger partial charge in [-0.15, -0.1) is 0 Å². The number of aliphatic hydroxyl groups excluding tert-OH is 1. The summed E-state index contributed by atoms with van der Waals surface area (Å²) in [6.07, 6.45) is 7.23. The first kappa shape index (κ1) is 15.3. The van der Waals surface area contributed by atoms with Crippen molar-refractivity contribution in [1.82, 2.24) is 29.7 Å². The molecular formula is C15H19N7O. The standard InChI is InChI=1S/C15H19N7O/c1-15(2,4-7-23)9-18-12-11-8-21-22(13(11)20-10-19-12)14-16-5-3-6-17-14/h3,5-6,8,10,23H,4,7,9H2,1-2H3,(H,18,19,20). The van der Waals surface area contributed by atoms with Crippen molar-refractivity contribution >= 4 is 16.9 Å². The molecule has 0 aliphatic heterocycles. The molecule has 3 heterocycles. The zero-order chi connectivity index (χ0) is 16.3. The third-order valence-electron chi connectivity index (χ3n) is 3.63. The molecule has 120 valence electrons. The van der Waals surface area contributed by atoms with Crippen LogP contribution < -0.4 is 5.32 Å². The maximum absolute atomic E-state index is 9.12. The fourth-order valence-corrected chi connectivity index (χ4v) is 2.25. The lowest BCUT2D eigenvalue weighted by molar-refractivity contribution is 0.220. The predicted molar refractivity (Wildman–Crippen MR) is 86.2 cm³/mol. The van der Waals surface area contributed by atoms with Gasteiger partial charge in [0.1, 0.15) is 12.1 Å². The third kappa shape index (κ3) is 3.26. The number of aromatic nitrogens is 6. The number of hydrogen-bond acceptors (Lipinski definition) is 7. The second kappa shape index (κ2) is 6.25. The minimum Gasteiger partial charge on any atom is -0.396 e. The Hall–Kier alpha value is -2.61. The summed E-state index contributed by atoms with van der Waals surface area (Å²) >= 11 is 0. The van der Waals surface area contributed by atoms with Crippen molar-refractivity contribution in [1.29, 1.82) is 0 Å². The molecule has 0 aromatic carbocycles. The molecule has 0 bridgehead atoms. The van der Waals surface area contributed by atoms with Gasteiger partial charge in [-0.1, -0.05) is 13.8 Å². The summed E-state index contributed by atoms with van der Waals surface area (Å²) in [6.45, 7) is 5.04. The van der Waals surface area contributed by atoms with Crippen LogP contribution in [0.5, 0.6) is 0 Å². The first-order valence-electron chi connectivity index (χ1n) is 7.41. The molecule has 0 amide bonds. The predicted octanol–water partition coefficient (Wildman–Crippen LogP) is 1.43. The highest BCUT2D eigenvalue weighted by atomic mass is 16.3. The Kier molecular flexibility index (Phi) is 4.16. The summed E-state index contributed by atoms with van der Waals surface area (Å²) in [4.78, 5) is 17.0. The zero-order valence-corrected chi connectivity index (χ0v) is 13.1. The van der Waals surface area contributed by atoms with Gasteiger partial charge in [-0.25, -0.2) is 19.9 Å². The Morgan fingerprint density at radius 1 is 1.17 bits per heavy atom. The van der Waals surface area contributed by atoms with E-state index in [0.29, 0.717) is 30.4 Å². The molecule has 0 saturated carbocycles.